The first-order valence-corrected chi connectivity index (χ1v) is 28.3. The molecule has 4 heterocycles. The first-order valence-electron chi connectivity index (χ1n) is 26.8. The van der Waals surface area contributed by atoms with E-state index in [2.05, 4.69) is 19.4 Å². The van der Waals surface area contributed by atoms with Gasteiger partial charge in [0.1, 0.15) is 58.9 Å². The van der Waals surface area contributed by atoms with Crippen molar-refractivity contribution in [3.8, 4) is 23.0 Å². The Kier molecular flexibility index (Phi) is 17.1. The van der Waals surface area contributed by atoms with E-state index in [-0.39, 0.29) is 37.2 Å². The lowest BCUT2D eigenvalue weighted by molar-refractivity contribution is -0.0809. The van der Waals surface area contributed by atoms with Crippen LogP contribution in [-0.4, -0.2) is 93.5 Å². The number of hydrogen-bond donors (Lipinski definition) is 4. The number of aromatic amines is 2. The molecule has 2 saturated heterocycles. The van der Waals surface area contributed by atoms with E-state index in [1.54, 1.807) is 42.3 Å². The van der Waals surface area contributed by atoms with E-state index in [1.807, 2.05) is 158 Å². The van der Waals surface area contributed by atoms with Gasteiger partial charge in [-0.25, -0.2) is 9.59 Å². The number of nitrogens with zero attached hydrogens (tertiary/aromatic N) is 2. The van der Waals surface area contributed by atoms with Crippen molar-refractivity contribution in [2.45, 2.75) is 74.6 Å². The summed E-state index contributed by atoms with van der Waals surface area (Å²) in [6.45, 7) is 2.57. The van der Waals surface area contributed by atoms with Crippen molar-refractivity contribution in [3.05, 3.63) is 256 Å². The highest BCUT2D eigenvalue weighted by Crippen LogP contribution is 2.45. The fourth-order valence-corrected chi connectivity index (χ4v) is 12.3. The minimum atomic E-state index is -4.64. The van der Waals surface area contributed by atoms with Gasteiger partial charge in [0.2, 0.25) is 0 Å². The molecule has 0 unspecified atom stereocenters. The predicted molar refractivity (Wildman–Crippen MR) is 308 cm³/mol. The molecule has 6 atom stereocenters. The Balaban J connectivity index is 1.02. The highest BCUT2D eigenvalue weighted by atomic mass is 32.2. The van der Waals surface area contributed by atoms with Gasteiger partial charge in [0.15, 0.2) is 0 Å². The summed E-state index contributed by atoms with van der Waals surface area (Å²) in [6, 6.07) is 46.5. The van der Waals surface area contributed by atoms with Gasteiger partial charge >= 0.3 is 11.4 Å². The van der Waals surface area contributed by atoms with Gasteiger partial charge in [0.25, 0.3) is 21.3 Å². The third-order valence-electron chi connectivity index (χ3n) is 15.3. The Labute approximate surface area is 478 Å². The number of benzene rings is 6. The molecular weight excluding hydrogens is 1080 g/mol. The molecule has 21 heteroatoms. The lowest BCUT2D eigenvalue weighted by Gasteiger charge is -2.37. The van der Waals surface area contributed by atoms with E-state index in [1.165, 1.54) is 21.5 Å². The summed E-state index contributed by atoms with van der Waals surface area (Å²) >= 11 is 0. The van der Waals surface area contributed by atoms with E-state index >= 15 is 8.42 Å². The first kappa shape index (κ1) is 57.8. The van der Waals surface area contributed by atoms with Gasteiger partial charge in [-0.15, -0.1) is 0 Å². The van der Waals surface area contributed by atoms with Crippen molar-refractivity contribution in [1.82, 2.24) is 28.5 Å². The second-order valence-corrected chi connectivity index (χ2v) is 21.7. The van der Waals surface area contributed by atoms with Crippen LogP contribution in [0.2, 0.25) is 0 Å². The van der Waals surface area contributed by atoms with Crippen LogP contribution in [0.3, 0.4) is 0 Å². The topological polar surface area (TPSA) is 242 Å². The molecule has 2 aromatic heterocycles. The number of nitrogens with one attached hydrogen (secondary N) is 4. The van der Waals surface area contributed by atoms with Crippen molar-refractivity contribution in [2.24, 2.45) is 0 Å². The zero-order valence-corrected chi connectivity index (χ0v) is 47.3. The molecule has 4 N–H and O–H groups in total. The molecule has 0 radical (unpaired) electrons. The molecule has 0 amide bonds. The van der Waals surface area contributed by atoms with Gasteiger partial charge < -0.3 is 37.9 Å². The average molecular weight is 1150 g/mol. The van der Waals surface area contributed by atoms with Crippen molar-refractivity contribution in [2.75, 3.05) is 41.7 Å². The van der Waals surface area contributed by atoms with E-state index in [9.17, 15) is 19.2 Å². The highest BCUT2D eigenvalue weighted by molar-refractivity contribution is 7.87. The molecule has 2 fully saturated rings. The molecule has 2 aliphatic heterocycles. The Morgan fingerprint density at radius 3 is 1.05 bits per heavy atom. The normalized spacial score (nSPS) is 19.1. The first-order chi connectivity index (χ1) is 40.1. The Hall–Kier alpha value is -8.41. The third kappa shape index (κ3) is 12.0. The molecule has 0 saturated carbocycles. The van der Waals surface area contributed by atoms with Gasteiger partial charge in [-0.05, 0) is 95.8 Å². The summed E-state index contributed by atoms with van der Waals surface area (Å²) in [6.07, 6.45) is -1.83. The molecular formula is C62H64N6O14S. The zero-order chi connectivity index (χ0) is 58.5. The van der Waals surface area contributed by atoms with Crippen LogP contribution in [-0.2, 0) is 40.4 Å². The Morgan fingerprint density at radius 2 is 0.759 bits per heavy atom. The summed E-state index contributed by atoms with van der Waals surface area (Å²) in [5.41, 5.74) is -0.691. The molecule has 83 heavy (non-hydrogen) atoms. The molecule has 8 aromatic rings. The van der Waals surface area contributed by atoms with E-state index < -0.39 is 80.7 Å². The summed E-state index contributed by atoms with van der Waals surface area (Å²) in [4.78, 5) is 57.0. The zero-order valence-electron chi connectivity index (χ0n) is 46.5. The van der Waals surface area contributed by atoms with Crippen LogP contribution in [0, 0.1) is 13.8 Å². The van der Waals surface area contributed by atoms with Crippen LogP contribution >= 0.6 is 0 Å². The summed E-state index contributed by atoms with van der Waals surface area (Å²) in [5.74, 6) is 2.42. The summed E-state index contributed by atoms with van der Waals surface area (Å²) in [7, 11) is 1.65. The van der Waals surface area contributed by atoms with Gasteiger partial charge in [-0.1, -0.05) is 109 Å². The standard InChI is InChI=1S/C62H64N6O14S/c1-39-35-67(59(71)63-57(39)69)55-33-51(53(81-55)37-79-61(41-13-9-7-10-14-41,43-17-25-47(75-3)26-18-43)44-19-27-48(76-4)28-20-44)65-83(73,74)66-52-34-56(68-36-40(2)58(70)64-60(68)72)82-54(52)38-80-62(42-15-11-8-12-16-42,45-21-29-49(77-5)30-22-45)46-23-31-50(78-6)32-24-46/h7-32,35-36,51-56,65-66H,33-34,37-38H2,1-6H3,(H,63,69,71)(H,64,70,72)/t51-,52-,53+,54+,55+,56+/m0/s1. The third-order valence-corrected chi connectivity index (χ3v) is 16.5. The monoisotopic (exact) mass is 1150 g/mol. The number of H-pyrrole nitrogens is 2. The molecule has 2 aliphatic rings. The summed E-state index contributed by atoms with van der Waals surface area (Å²) in [5, 5.41) is 0. The van der Waals surface area contributed by atoms with Crippen LogP contribution in [0.1, 0.15) is 69.8 Å². The quantitative estimate of drug-likeness (QED) is 0.0531. The number of methoxy groups -OCH3 is 4. The molecule has 0 bridgehead atoms. The predicted octanol–water partition coefficient (Wildman–Crippen LogP) is 6.49. The van der Waals surface area contributed by atoms with Crippen molar-refractivity contribution in [3.63, 3.8) is 0 Å². The molecule has 432 valence electrons. The Morgan fingerprint density at radius 1 is 0.470 bits per heavy atom. The number of rotatable bonds is 22. The molecule has 20 nitrogen and oxygen atoms in total. The van der Waals surface area contributed by atoms with E-state index in [0.29, 0.717) is 45.3 Å². The number of ether oxygens (including phenoxy) is 8. The van der Waals surface area contributed by atoms with Crippen molar-refractivity contribution < 1.29 is 46.3 Å². The molecule has 0 spiro atoms. The smallest absolute Gasteiger partial charge is 0.330 e. The minimum Gasteiger partial charge on any atom is -0.497 e. The van der Waals surface area contributed by atoms with Crippen LogP contribution in [0.4, 0.5) is 0 Å². The fraction of sp³-hybridized carbons (Fsp3) is 0.290. The summed E-state index contributed by atoms with van der Waals surface area (Å²) < 4.78 is 88.4. The maximum Gasteiger partial charge on any atom is 0.330 e. The van der Waals surface area contributed by atoms with Crippen molar-refractivity contribution in [1.29, 1.82) is 0 Å². The van der Waals surface area contributed by atoms with Gasteiger partial charge in [0.05, 0.1) is 53.7 Å². The number of hydrogen-bond acceptors (Lipinski definition) is 14. The maximum atomic E-state index is 15.1. The van der Waals surface area contributed by atoms with Crippen LogP contribution in [0.5, 0.6) is 23.0 Å². The lowest BCUT2D eigenvalue weighted by Crippen LogP contribution is -2.53. The second-order valence-electron chi connectivity index (χ2n) is 20.3. The van der Waals surface area contributed by atoms with E-state index in [4.69, 9.17) is 37.9 Å². The van der Waals surface area contributed by atoms with Gasteiger partial charge in [-0.3, -0.25) is 28.7 Å². The molecule has 0 aliphatic carbocycles. The lowest BCUT2D eigenvalue weighted by atomic mass is 9.80. The second kappa shape index (κ2) is 24.6. The fourth-order valence-electron chi connectivity index (χ4n) is 11.0. The van der Waals surface area contributed by atoms with Gasteiger partial charge in [-0.2, -0.15) is 17.9 Å². The number of aromatic nitrogens is 4. The number of aryl methyl sites for hydroxylation is 2. The van der Waals surface area contributed by atoms with Crippen LogP contribution in [0.15, 0.2) is 189 Å². The SMILES string of the molecule is COc1ccc(C(OC[C@H]2O[C@@H](n3cc(C)c(=O)[nH]c3=O)C[C@@H]2NS(=O)(=O)N[C@H]2C[C@H](n3cc(C)c(=O)[nH]c3=O)O[C@@H]2COC(c2ccccc2)(c2ccc(OC)cc2)c2ccc(OC)cc2)(c2ccccc2)c2ccc(OC)cc2)cc1. The van der Waals surface area contributed by atoms with Crippen LogP contribution < -0.4 is 50.9 Å². The van der Waals surface area contributed by atoms with Gasteiger partial charge in [0, 0.05) is 36.4 Å². The van der Waals surface area contributed by atoms with Crippen molar-refractivity contribution >= 4 is 10.2 Å². The van der Waals surface area contributed by atoms with Crippen LogP contribution in [0.25, 0.3) is 0 Å². The minimum absolute atomic E-state index is 0.102. The Bertz CT molecular complexity index is 3530. The largest absolute Gasteiger partial charge is 0.497 e. The maximum absolute atomic E-state index is 15.1. The highest BCUT2D eigenvalue weighted by Gasteiger charge is 2.47. The average Bonchev–Trinajstić information content (AvgIpc) is 4.22. The molecule has 10 rings (SSSR count). The molecule has 6 aromatic carbocycles. The van der Waals surface area contributed by atoms with E-state index in [0.717, 1.165) is 11.1 Å².